The van der Waals surface area contributed by atoms with Gasteiger partial charge in [-0.25, -0.2) is 0 Å². The number of hydrogen-bond acceptors (Lipinski definition) is 2. The molecule has 0 aromatic carbocycles. The molecule has 1 atom stereocenters. The normalized spacial score (nSPS) is 23.1. The first-order valence-electron chi connectivity index (χ1n) is 11.4. The van der Waals surface area contributed by atoms with Gasteiger partial charge in [0.25, 0.3) is 0 Å². The van der Waals surface area contributed by atoms with Crippen molar-refractivity contribution < 1.29 is 0 Å². The van der Waals surface area contributed by atoms with E-state index in [9.17, 15) is 0 Å². The van der Waals surface area contributed by atoms with Gasteiger partial charge in [0.05, 0.1) is 0 Å². The Labute approximate surface area is 163 Å². The van der Waals surface area contributed by atoms with E-state index in [1.165, 1.54) is 77.0 Å². The standard InChI is InChI=1S/C24H44N2/c1-20(24(4,5)19-26-22-14-10-7-11-15-22)16-17-23(2,3)18-25-21-12-8-6-9-13-21/h18-22H,6-17H2,1-5H3. The Morgan fingerprint density at radius 1 is 0.769 bits per heavy atom. The molecule has 2 aliphatic carbocycles. The zero-order valence-electron chi connectivity index (χ0n) is 18.3. The first kappa shape index (κ1) is 21.6. The lowest BCUT2D eigenvalue weighted by molar-refractivity contribution is 0.286. The van der Waals surface area contributed by atoms with Crippen molar-refractivity contribution in [2.24, 2.45) is 26.7 Å². The average Bonchev–Trinajstić information content (AvgIpc) is 2.65. The molecule has 0 heterocycles. The summed E-state index contributed by atoms with van der Waals surface area (Å²) in [5.41, 5.74) is 0.399. The maximum atomic E-state index is 4.97. The SMILES string of the molecule is CC(CCC(C)(C)C=NC1CCCCC1)C(C)(C)C=NC1CCCCC1. The maximum Gasteiger partial charge on any atom is 0.0496 e. The molecule has 0 saturated heterocycles. The second-order valence-electron chi connectivity index (χ2n) is 10.4. The quantitative estimate of drug-likeness (QED) is 0.407. The summed E-state index contributed by atoms with van der Waals surface area (Å²) in [4.78, 5) is 9.91. The number of nitrogens with zero attached hydrogens (tertiary/aromatic N) is 2. The minimum absolute atomic E-state index is 0.189. The molecule has 26 heavy (non-hydrogen) atoms. The molecule has 150 valence electrons. The Bertz CT molecular complexity index is 449. The van der Waals surface area contributed by atoms with Gasteiger partial charge in [-0.3, -0.25) is 9.98 Å². The zero-order chi connectivity index (χ0) is 19.0. The Hall–Kier alpha value is -0.660. The molecule has 0 aromatic heterocycles. The summed E-state index contributed by atoms with van der Waals surface area (Å²) in [6.07, 6.45) is 20.5. The van der Waals surface area contributed by atoms with E-state index in [2.05, 4.69) is 47.0 Å². The van der Waals surface area contributed by atoms with Crippen molar-refractivity contribution in [1.29, 1.82) is 0 Å². The Balaban J connectivity index is 1.79. The van der Waals surface area contributed by atoms with Crippen LogP contribution in [0.1, 0.15) is 112 Å². The van der Waals surface area contributed by atoms with E-state index in [1.54, 1.807) is 0 Å². The molecule has 2 nitrogen and oxygen atoms in total. The van der Waals surface area contributed by atoms with E-state index in [1.807, 2.05) is 0 Å². The highest BCUT2D eigenvalue weighted by Crippen LogP contribution is 2.33. The van der Waals surface area contributed by atoms with E-state index in [-0.39, 0.29) is 10.8 Å². The third-order valence-electron chi connectivity index (χ3n) is 6.89. The fourth-order valence-electron chi connectivity index (χ4n) is 4.22. The van der Waals surface area contributed by atoms with Crippen LogP contribution in [0.3, 0.4) is 0 Å². The lowest BCUT2D eigenvalue weighted by Gasteiger charge is -2.31. The highest BCUT2D eigenvalue weighted by molar-refractivity contribution is 5.66. The number of hydrogen-bond donors (Lipinski definition) is 0. The van der Waals surface area contributed by atoms with Crippen molar-refractivity contribution in [1.82, 2.24) is 0 Å². The van der Waals surface area contributed by atoms with Gasteiger partial charge in [0.15, 0.2) is 0 Å². The Morgan fingerprint density at radius 2 is 1.23 bits per heavy atom. The van der Waals surface area contributed by atoms with Crippen LogP contribution < -0.4 is 0 Å². The van der Waals surface area contributed by atoms with E-state index in [4.69, 9.17) is 9.98 Å². The summed E-state index contributed by atoms with van der Waals surface area (Å²) < 4.78 is 0. The van der Waals surface area contributed by atoms with Crippen molar-refractivity contribution in [3.8, 4) is 0 Å². The van der Waals surface area contributed by atoms with E-state index in [0.717, 1.165) is 0 Å². The Kier molecular flexibility index (Phi) is 8.36. The summed E-state index contributed by atoms with van der Waals surface area (Å²) in [6.45, 7) is 11.9. The molecule has 0 aromatic rings. The van der Waals surface area contributed by atoms with Crippen LogP contribution in [0.25, 0.3) is 0 Å². The zero-order valence-corrected chi connectivity index (χ0v) is 18.3. The summed E-state index contributed by atoms with van der Waals surface area (Å²) >= 11 is 0. The number of rotatable bonds is 8. The van der Waals surface area contributed by atoms with Crippen molar-refractivity contribution in [2.75, 3.05) is 0 Å². The molecule has 2 fully saturated rings. The van der Waals surface area contributed by atoms with Crippen molar-refractivity contribution in [3.63, 3.8) is 0 Å². The van der Waals surface area contributed by atoms with Crippen LogP contribution in [-0.4, -0.2) is 24.5 Å². The smallest absolute Gasteiger partial charge is 0.0496 e. The van der Waals surface area contributed by atoms with Gasteiger partial charge in [0, 0.05) is 29.9 Å². The van der Waals surface area contributed by atoms with E-state index in [0.29, 0.717) is 18.0 Å². The second-order valence-corrected chi connectivity index (χ2v) is 10.4. The molecule has 2 rings (SSSR count). The second kappa shape index (κ2) is 10.0. The van der Waals surface area contributed by atoms with Gasteiger partial charge in [-0.2, -0.15) is 0 Å². The largest absolute Gasteiger partial charge is 0.294 e. The molecule has 0 bridgehead atoms. The fraction of sp³-hybridized carbons (Fsp3) is 0.917. The highest BCUT2D eigenvalue weighted by Gasteiger charge is 2.27. The van der Waals surface area contributed by atoms with Crippen LogP contribution in [-0.2, 0) is 0 Å². The third kappa shape index (κ3) is 7.53. The fourth-order valence-corrected chi connectivity index (χ4v) is 4.22. The summed E-state index contributed by atoms with van der Waals surface area (Å²) in [7, 11) is 0. The maximum absolute atomic E-state index is 4.97. The minimum Gasteiger partial charge on any atom is -0.294 e. The predicted molar refractivity (Wildman–Crippen MR) is 117 cm³/mol. The predicted octanol–water partition coefficient (Wildman–Crippen LogP) is 7.26. The van der Waals surface area contributed by atoms with Gasteiger partial charge in [0.1, 0.15) is 0 Å². The molecule has 0 aliphatic heterocycles. The van der Waals surface area contributed by atoms with Gasteiger partial charge < -0.3 is 0 Å². The summed E-state index contributed by atoms with van der Waals surface area (Å²) in [5.74, 6) is 0.650. The van der Waals surface area contributed by atoms with Crippen molar-refractivity contribution >= 4 is 12.4 Å². The lowest BCUT2D eigenvalue weighted by atomic mass is 9.75. The van der Waals surface area contributed by atoms with Gasteiger partial charge >= 0.3 is 0 Å². The summed E-state index contributed by atoms with van der Waals surface area (Å²) in [6, 6.07) is 1.19. The van der Waals surface area contributed by atoms with Crippen molar-refractivity contribution in [2.45, 2.75) is 124 Å². The van der Waals surface area contributed by atoms with Crippen LogP contribution >= 0.6 is 0 Å². The van der Waals surface area contributed by atoms with Crippen LogP contribution in [0.5, 0.6) is 0 Å². The van der Waals surface area contributed by atoms with Gasteiger partial charge in [-0.05, 0) is 49.9 Å². The monoisotopic (exact) mass is 360 g/mol. The van der Waals surface area contributed by atoms with Crippen LogP contribution in [0.2, 0.25) is 0 Å². The number of aliphatic imine (C=N–C) groups is 2. The molecule has 0 N–H and O–H groups in total. The first-order chi connectivity index (χ1) is 12.3. The van der Waals surface area contributed by atoms with Gasteiger partial charge in [0.2, 0.25) is 0 Å². The molecule has 1 unspecified atom stereocenters. The van der Waals surface area contributed by atoms with Crippen LogP contribution in [0.4, 0.5) is 0 Å². The van der Waals surface area contributed by atoms with Crippen LogP contribution in [0, 0.1) is 16.7 Å². The molecule has 2 aliphatic rings. The summed E-state index contributed by atoms with van der Waals surface area (Å²) in [5, 5.41) is 0. The first-order valence-corrected chi connectivity index (χ1v) is 11.4. The highest BCUT2D eigenvalue weighted by atomic mass is 14.8. The molecular formula is C24H44N2. The molecule has 0 amide bonds. The molecule has 0 radical (unpaired) electrons. The molecule has 2 saturated carbocycles. The lowest BCUT2D eigenvalue weighted by Crippen LogP contribution is -2.27. The third-order valence-corrected chi connectivity index (χ3v) is 6.89. The van der Waals surface area contributed by atoms with E-state index < -0.39 is 0 Å². The molecular weight excluding hydrogens is 316 g/mol. The topological polar surface area (TPSA) is 24.7 Å². The van der Waals surface area contributed by atoms with Gasteiger partial charge in [-0.15, -0.1) is 0 Å². The van der Waals surface area contributed by atoms with Crippen molar-refractivity contribution in [3.05, 3.63) is 0 Å². The minimum atomic E-state index is 0.189. The molecule has 0 spiro atoms. The van der Waals surface area contributed by atoms with Gasteiger partial charge in [-0.1, -0.05) is 73.1 Å². The van der Waals surface area contributed by atoms with Crippen LogP contribution in [0.15, 0.2) is 9.98 Å². The van der Waals surface area contributed by atoms with E-state index >= 15 is 0 Å². The molecule has 2 heteroatoms. The Morgan fingerprint density at radius 3 is 1.73 bits per heavy atom. The average molecular weight is 361 g/mol.